The molecule has 0 aliphatic rings. The fraction of sp³-hybridized carbons (Fsp3) is 0.190. The maximum absolute atomic E-state index is 6.27. The molecule has 0 unspecified atom stereocenters. The van der Waals surface area contributed by atoms with Gasteiger partial charge >= 0.3 is 0 Å². The number of nitrogens with zero attached hydrogens (tertiary/aromatic N) is 6. The topological polar surface area (TPSA) is 107 Å². The number of benzene rings is 2. The van der Waals surface area contributed by atoms with E-state index in [0.717, 1.165) is 23.4 Å². The molecule has 0 aliphatic heterocycles. The van der Waals surface area contributed by atoms with E-state index < -0.39 is 0 Å². The first kappa shape index (κ1) is 21.1. The third-order valence-electron chi connectivity index (χ3n) is 4.62. The second kappa shape index (κ2) is 9.32. The number of para-hydroxylation sites is 1. The third-order valence-corrected chi connectivity index (χ3v) is 5.97. The summed E-state index contributed by atoms with van der Waals surface area (Å²) in [6.45, 7) is 4.06. The molecule has 2 aromatic carbocycles. The van der Waals surface area contributed by atoms with Crippen molar-refractivity contribution in [2.45, 2.75) is 31.2 Å². The zero-order valence-corrected chi connectivity index (χ0v) is 18.7. The number of halogens is 1. The Kier molecular flexibility index (Phi) is 6.34. The summed E-state index contributed by atoms with van der Waals surface area (Å²) in [5, 5.41) is 12.9. The summed E-state index contributed by atoms with van der Waals surface area (Å²) in [6, 6.07) is 13.8. The van der Waals surface area contributed by atoms with Crippen molar-refractivity contribution >= 4 is 40.9 Å². The fourth-order valence-electron chi connectivity index (χ4n) is 2.99. The van der Waals surface area contributed by atoms with Gasteiger partial charge in [0.05, 0.1) is 11.4 Å². The van der Waals surface area contributed by atoms with E-state index in [-0.39, 0.29) is 5.95 Å². The van der Waals surface area contributed by atoms with E-state index >= 15 is 0 Å². The van der Waals surface area contributed by atoms with Crippen LogP contribution in [0.4, 0.5) is 17.6 Å². The number of hydrogen-bond donors (Lipinski definition) is 2. The first-order valence-corrected chi connectivity index (χ1v) is 11.0. The lowest BCUT2D eigenvalue weighted by Gasteiger charge is -2.11. The van der Waals surface area contributed by atoms with Crippen molar-refractivity contribution in [1.82, 2.24) is 29.7 Å². The molecule has 0 spiro atoms. The second-order valence-corrected chi connectivity index (χ2v) is 8.12. The van der Waals surface area contributed by atoms with E-state index in [2.05, 4.69) is 43.5 Å². The van der Waals surface area contributed by atoms with Gasteiger partial charge in [-0.3, -0.25) is 4.57 Å². The highest BCUT2D eigenvalue weighted by Gasteiger charge is 2.12. The van der Waals surface area contributed by atoms with Crippen molar-refractivity contribution in [2.75, 3.05) is 11.1 Å². The van der Waals surface area contributed by atoms with E-state index in [4.69, 9.17) is 17.3 Å². The normalized spacial score (nSPS) is 10.9. The molecule has 158 valence electrons. The van der Waals surface area contributed by atoms with E-state index in [1.165, 1.54) is 17.3 Å². The van der Waals surface area contributed by atoms with Crippen LogP contribution in [0.2, 0.25) is 5.02 Å². The summed E-state index contributed by atoms with van der Waals surface area (Å²) in [5.74, 6) is 1.57. The number of rotatable bonds is 7. The van der Waals surface area contributed by atoms with E-state index in [9.17, 15) is 0 Å². The minimum absolute atomic E-state index is 0.161. The Labute approximate surface area is 189 Å². The van der Waals surface area contributed by atoms with Crippen LogP contribution in [-0.2, 0) is 12.2 Å². The quantitative estimate of drug-likeness (QED) is 0.392. The minimum atomic E-state index is 0.161. The average Bonchev–Trinajstić information content (AvgIpc) is 3.23. The number of hydrogen-bond acceptors (Lipinski definition) is 8. The van der Waals surface area contributed by atoms with Crippen LogP contribution in [0.1, 0.15) is 23.9 Å². The highest BCUT2D eigenvalue weighted by atomic mass is 35.5. The molecule has 0 radical (unpaired) electrons. The molecule has 2 aromatic heterocycles. The van der Waals surface area contributed by atoms with Crippen molar-refractivity contribution in [2.24, 2.45) is 0 Å². The molecule has 31 heavy (non-hydrogen) atoms. The Bertz CT molecular complexity index is 1210. The second-order valence-electron chi connectivity index (χ2n) is 6.77. The number of aromatic nitrogens is 6. The molecule has 4 rings (SSSR count). The SMILES string of the molecule is CCc1ccccc1Nc1nc(N)nc(CSc2nncn2-c2ccc(C)c(Cl)c2)n1. The van der Waals surface area contributed by atoms with Gasteiger partial charge in [0.2, 0.25) is 11.9 Å². The van der Waals surface area contributed by atoms with Crippen LogP contribution in [0.5, 0.6) is 0 Å². The summed E-state index contributed by atoms with van der Waals surface area (Å²) in [6.07, 6.45) is 2.55. The summed E-state index contributed by atoms with van der Waals surface area (Å²) in [5.41, 5.74) is 9.94. The predicted molar refractivity (Wildman–Crippen MR) is 124 cm³/mol. The average molecular weight is 453 g/mol. The van der Waals surface area contributed by atoms with Crippen LogP contribution in [-0.4, -0.2) is 29.7 Å². The van der Waals surface area contributed by atoms with E-state index in [1.807, 2.05) is 47.9 Å². The van der Waals surface area contributed by atoms with E-state index in [0.29, 0.717) is 27.7 Å². The lowest BCUT2D eigenvalue weighted by atomic mass is 10.1. The van der Waals surface area contributed by atoms with Gasteiger partial charge in [-0.2, -0.15) is 15.0 Å². The molecular formula is C21H21ClN8S. The summed E-state index contributed by atoms with van der Waals surface area (Å²) in [7, 11) is 0. The minimum Gasteiger partial charge on any atom is -0.368 e. The van der Waals surface area contributed by atoms with Crippen molar-refractivity contribution in [1.29, 1.82) is 0 Å². The van der Waals surface area contributed by atoms with Gasteiger partial charge in [0, 0.05) is 10.7 Å². The monoisotopic (exact) mass is 452 g/mol. The lowest BCUT2D eigenvalue weighted by molar-refractivity contribution is 0.879. The van der Waals surface area contributed by atoms with Crippen LogP contribution in [0.15, 0.2) is 53.9 Å². The molecule has 0 saturated heterocycles. The fourth-order valence-corrected chi connectivity index (χ4v) is 3.95. The molecule has 0 fully saturated rings. The van der Waals surface area contributed by atoms with Crippen molar-refractivity contribution in [3.63, 3.8) is 0 Å². The van der Waals surface area contributed by atoms with Crippen LogP contribution in [0.25, 0.3) is 5.69 Å². The van der Waals surface area contributed by atoms with Gasteiger partial charge in [-0.15, -0.1) is 10.2 Å². The van der Waals surface area contributed by atoms with Crippen LogP contribution < -0.4 is 11.1 Å². The Balaban J connectivity index is 1.52. The number of nitrogens with two attached hydrogens (primary N) is 1. The first-order valence-electron chi connectivity index (χ1n) is 9.68. The Morgan fingerprint density at radius 1 is 1.13 bits per heavy atom. The maximum atomic E-state index is 6.27. The summed E-state index contributed by atoms with van der Waals surface area (Å²) in [4.78, 5) is 13.0. The third kappa shape index (κ3) is 4.95. The Morgan fingerprint density at radius 3 is 2.77 bits per heavy atom. The smallest absolute Gasteiger partial charge is 0.232 e. The van der Waals surface area contributed by atoms with E-state index in [1.54, 1.807) is 6.33 Å². The van der Waals surface area contributed by atoms with Crippen LogP contribution in [0, 0.1) is 6.92 Å². The van der Waals surface area contributed by atoms with Crippen LogP contribution >= 0.6 is 23.4 Å². The zero-order chi connectivity index (χ0) is 21.8. The molecule has 4 aromatic rings. The molecular weight excluding hydrogens is 432 g/mol. The lowest BCUT2D eigenvalue weighted by Crippen LogP contribution is -2.07. The molecule has 8 nitrogen and oxygen atoms in total. The van der Waals surface area contributed by atoms with Gasteiger partial charge in [-0.05, 0) is 42.7 Å². The maximum Gasteiger partial charge on any atom is 0.232 e. The molecule has 0 saturated carbocycles. The standard InChI is InChI=1S/C21H21ClN8S/c1-3-14-6-4-5-7-17(14)25-20-27-18(26-19(23)28-20)11-31-21-29-24-12-30(21)15-9-8-13(2)16(22)10-15/h4-10,12H,3,11H2,1-2H3,(H3,23,25,26,27,28). The van der Waals surface area contributed by atoms with Crippen LogP contribution in [0.3, 0.4) is 0 Å². The number of anilines is 3. The number of aryl methyl sites for hydroxylation is 2. The largest absolute Gasteiger partial charge is 0.368 e. The summed E-state index contributed by atoms with van der Waals surface area (Å²) < 4.78 is 1.87. The first-order chi connectivity index (χ1) is 15.0. The van der Waals surface area contributed by atoms with Crippen molar-refractivity contribution < 1.29 is 0 Å². The highest BCUT2D eigenvalue weighted by Crippen LogP contribution is 2.26. The Morgan fingerprint density at radius 2 is 1.97 bits per heavy atom. The molecule has 0 amide bonds. The van der Waals surface area contributed by atoms with Gasteiger partial charge in [0.25, 0.3) is 0 Å². The van der Waals surface area contributed by atoms with Gasteiger partial charge in [-0.25, -0.2) is 0 Å². The van der Waals surface area contributed by atoms with Crippen molar-refractivity contribution in [3.8, 4) is 5.69 Å². The van der Waals surface area contributed by atoms with Gasteiger partial charge in [0.15, 0.2) is 5.16 Å². The molecule has 0 bridgehead atoms. The molecule has 0 atom stereocenters. The number of thioether (sulfide) groups is 1. The van der Waals surface area contributed by atoms with Gasteiger partial charge in [-0.1, -0.05) is 54.6 Å². The van der Waals surface area contributed by atoms with Gasteiger partial charge < -0.3 is 11.1 Å². The predicted octanol–water partition coefficient (Wildman–Crippen LogP) is 4.59. The molecule has 3 N–H and O–H groups in total. The molecule has 2 heterocycles. The number of nitrogens with one attached hydrogen (secondary N) is 1. The molecule has 0 aliphatic carbocycles. The summed E-state index contributed by atoms with van der Waals surface area (Å²) >= 11 is 7.72. The Hall–Kier alpha value is -3.17. The highest BCUT2D eigenvalue weighted by molar-refractivity contribution is 7.98. The van der Waals surface area contributed by atoms with Crippen molar-refractivity contribution in [3.05, 3.63) is 70.8 Å². The number of nitrogen functional groups attached to an aromatic ring is 1. The molecule has 10 heteroatoms. The zero-order valence-electron chi connectivity index (χ0n) is 17.1. The van der Waals surface area contributed by atoms with Gasteiger partial charge in [0.1, 0.15) is 12.2 Å².